The lowest BCUT2D eigenvalue weighted by atomic mass is 9.94. The molecule has 3 aromatic carbocycles. The summed E-state index contributed by atoms with van der Waals surface area (Å²) in [5, 5.41) is 11.7. The minimum absolute atomic E-state index is 0.0208. The van der Waals surface area contributed by atoms with Gasteiger partial charge in [0.25, 0.3) is 5.91 Å². The molecule has 0 saturated carbocycles. The zero-order valence-corrected chi connectivity index (χ0v) is 22.8. The molecular weight excluding hydrogens is 506 g/mol. The van der Waals surface area contributed by atoms with Crippen molar-refractivity contribution in [2.45, 2.75) is 45.2 Å². The number of rotatable bonds is 12. The van der Waals surface area contributed by atoms with Gasteiger partial charge in [-0.2, -0.15) is 0 Å². The maximum atomic E-state index is 13.9. The standard InChI is InChI=1S/C33H33NO6/c1-3-4-5-9-19-39-25-17-15-23(16-18-25)29-28(31(36)33(37)34(29)21-22-11-7-6-8-12-22)30(35)27-20-24-13-10-14-26(38-2)32(24)40-27/h6-8,10-18,20,29,36H,3-5,9,19,21H2,1-2H3. The van der Waals surface area contributed by atoms with Crippen molar-refractivity contribution in [3.63, 3.8) is 0 Å². The molecular formula is C33H33NO6. The number of nitrogens with zero attached hydrogens (tertiary/aromatic N) is 1. The molecule has 4 aromatic rings. The van der Waals surface area contributed by atoms with Crippen LogP contribution >= 0.6 is 0 Å². The van der Waals surface area contributed by atoms with E-state index >= 15 is 0 Å². The smallest absolute Gasteiger partial charge is 0.290 e. The third-order valence-electron chi connectivity index (χ3n) is 7.16. The molecule has 40 heavy (non-hydrogen) atoms. The van der Waals surface area contributed by atoms with Gasteiger partial charge >= 0.3 is 0 Å². The summed E-state index contributed by atoms with van der Waals surface area (Å²) in [5.41, 5.74) is 1.97. The van der Waals surface area contributed by atoms with Crippen LogP contribution in [0.15, 0.2) is 94.6 Å². The van der Waals surface area contributed by atoms with Crippen LogP contribution in [-0.2, 0) is 11.3 Å². The Hall–Kier alpha value is -4.52. The number of carbonyl (C=O) groups excluding carboxylic acids is 2. The molecule has 1 unspecified atom stereocenters. The Labute approximate surface area is 233 Å². The van der Waals surface area contributed by atoms with Crippen LogP contribution in [0.25, 0.3) is 11.0 Å². The first-order valence-electron chi connectivity index (χ1n) is 13.6. The number of hydrogen-bond donors (Lipinski definition) is 1. The Morgan fingerprint density at radius 3 is 2.48 bits per heavy atom. The number of amides is 1. The van der Waals surface area contributed by atoms with Crippen LogP contribution in [-0.4, -0.2) is 35.4 Å². The number of aliphatic hydroxyl groups excluding tert-OH is 1. The Morgan fingerprint density at radius 1 is 0.975 bits per heavy atom. The Bertz CT molecular complexity index is 1520. The van der Waals surface area contributed by atoms with Crippen molar-refractivity contribution in [3.8, 4) is 11.5 Å². The van der Waals surface area contributed by atoms with Crippen LogP contribution in [0.1, 0.15) is 60.3 Å². The highest BCUT2D eigenvalue weighted by Gasteiger charge is 2.44. The molecule has 1 aliphatic heterocycles. The molecule has 2 heterocycles. The van der Waals surface area contributed by atoms with E-state index in [0.717, 1.165) is 24.8 Å². The average Bonchev–Trinajstić information content (AvgIpc) is 3.53. The van der Waals surface area contributed by atoms with Gasteiger partial charge in [0.1, 0.15) is 5.75 Å². The molecule has 7 heteroatoms. The molecule has 1 N–H and O–H groups in total. The quantitative estimate of drug-likeness (QED) is 0.152. The number of ether oxygens (including phenoxy) is 2. The van der Waals surface area contributed by atoms with E-state index in [1.165, 1.54) is 18.4 Å². The fourth-order valence-corrected chi connectivity index (χ4v) is 5.08. The lowest BCUT2D eigenvalue weighted by Crippen LogP contribution is -2.30. The van der Waals surface area contributed by atoms with Crippen LogP contribution in [0.2, 0.25) is 0 Å². The maximum absolute atomic E-state index is 13.9. The number of unbranched alkanes of at least 4 members (excludes halogenated alkanes) is 3. The molecule has 0 radical (unpaired) electrons. The van der Waals surface area contributed by atoms with Gasteiger partial charge in [0.2, 0.25) is 5.78 Å². The lowest BCUT2D eigenvalue weighted by molar-refractivity contribution is -0.130. The van der Waals surface area contributed by atoms with Crippen molar-refractivity contribution >= 4 is 22.7 Å². The highest BCUT2D eigenvalue weighted by molar-refractivity contribution is 6.16. The number of methoxy groups -OCH3 is 1. The van der Waals surface area contributed by atoms with Gasteiger partial charge in [0.05, 0.1) is 25.3 Å². The van der Waals surface area contributed by atoms with Gasteiger partial charge in [-0.25, -0.2) is 0 Å². The van der Waals surface area contributed by atoms with Crippen molar-refractivity contribution in [1.29, 1.82) is 0 Å². The first-order valence-corrected chi connectivity index (χ1v) is 13.6. The molecule has 7 nitrogen and oxygen atoms in total. The van der Waals surface area contributed by atoms with Crippen molar-refractivity contribution in [3.05, 3.63) is 107 Å². The largest absolute Gasteiger partial charge is 0.503 e. The zero-order valence-electron chi connectivity index (χ0n) is 22.8. The van der Waals surface area contributed by atoms with Gasteiger partial charge in [-0.15, -0.1) is 0 Å². The number of ketones is 1. The van der Waals surface area contributed by atoms with E-state index < -0.39 is 23.5 Å². The summed E-state index contributed by atoms with van der Waals surface area (Å²) in [5.74, 6) is -0.514. The molecule has 0 aliphatic carbocycles. The summed E-state index contributed by atoms with van der Waals surface area (Å²) >= 11 is 0. The summed E-state index contributed by atoms with van der Waals surface area (Å²) in [6.07, 6.45) is 4.45. The molecule has 0 spiro atoms. The molecule has 1 aromatic heterocycles. The predicted molar refractivity (Wildman–Crippen MR) is 153 cm³/mol. The third kappa shape index (κ3) is 5.45. The monoisotopic (exact) mass is 539 g/mol. The summed E-state index contributed by atoms with van der Waals surface area (Å²) in [6, 6.07) is 23.0. The van der Waals surface area contributed by atoms with Gasteiger partial charge in [-0.3, -0.25) is 9.59 Å². The Morgan fingerprint density at radius 2 is 1.75 bits per heavy atom. The molecule has 206 valence electrons. The first kappa shape index (κ1) is 27.1. The summed E-state index contributed by atoms with van der Waals surface area (Å²) in [7, 11) is 1.53. The molecule has 0 bridgehead atoms. The predicted octanol–water partition coefficient (Wildman–Crippen LogP) is 7.18. The summed E-state index contributed by atoms with van der Waals surface area (Å²) < 4.78 is 17.2. The number of carbonyl (C=O) groups is 2. The van der Waals surface area contributed by atoms with Crippen LogP contribution in [0.5, 0.6) is 11.5 Å². The van der Waals surface area contributed by atoms with Crippen LogP contribution in [0, 0.1) is 0 Å². The highest BCUT2D eigenvalue weighted by Crippen LogP contribution is 2.41. The van der Waals surface area contributed by atoms with Crippen LogP contribution < -0.4 is 9.47 Å². The number of furan rings is 1. The van der Waals surface area contributed by atoms with Crippen molar-refractivity contribution in [1.82, 2.24) is 4.90 Å². The number of Topliss-reactive ketones (excluding diaryl/α,β-unsaturated/α-hetero) is 1. The number of benzene rings is 3. The number of fused-ring (bicyclic) bond motifs is 1. The molecule has 1 atom stereocenters. The van der Waals surface area contributed by atoms with E-state index in [-0.39, 0.29) is 17.9 Å². The van der Waals surface area contributed by atoms with Crippen molar-refractivity contribution in [2.75, 3.05) is 13.7 Å². The topological polar surface area (TPSA) is 89.2 Å². The van der Waals surface area contributed by atoms with Crippen LogP contribution in [0.4, 0.5) is 0 Å². The first-order chi connectivity index (χ1) is 19.5. The van der Waals surface area contributed by atoms with E-state index in [0.29, 0.717) is 34.6 Å². The van der Waals surface area contributed by atoms with Gasteiger partial charge in [0.15, 0.2) is 22.9 Å². The number of aliphatic hydroxyl groups is 1. The van der Waals surface area contributed by atoms with E-state index in [4.69, 9.17) is 13.9 Å². The maximum Gasteiger partial charge on any atom is 0.290 e. The van der Waals surface area contributed by atoms with E-state index in [2.05, 4.69) is 6.92 Å². The second-order valence-electron chi connectivity index (χ2n) is 9.88. The van der Waals surface area contributed by atoms with Crippen molar-refractivity contribution in [2.24, 2.45) is 0 Å². The Kier molecular flexibility index (Phi) is 8.20. The van der Waals surface area contributed by atoms with Gasteiger partial charge in [0, 0.05) is 11.9 Å². The fourth-order valence-electron chi connectivity index (χ4n) is 5.08. The van der Waals surface area contributed by atoms with E-state index in [1.54, 1.807) is 18.2 Å². The number of hydrogen-bond acceptors (Lipinski definition) is 6. The van der Waals surface area contributed by atoms with E-state index in [1.807, 2.05) is 60.7 Å². The molecule has 1 amide bonds. The SMILES string of the molecule is CCCCCCOc1ccc(C2C(C(=O)c3cc4cccc(OC)c4o3)=C(O)C(=O)N2Cc2ccccc2)cc1. The second-order valence-corrected chi connectivity index (χ2v) is 9.88. The van der Waals surface area contributed by atoms with Gasteiger partial charge in [-0.1, -0.05) is 80.8 Å². The minimum atomic E-state index is -0.811. The van der Waals surface area contributed by atoms with Gasteiger partial charge < -0.3 is 23.9 Å². The van der Waals surface area contributed by atoms with Crippen molar-refractivity contribution < 1.29 is 28.6 Å². The van der Waals surface area contributed by atoms with E-state index in [9.17, 15) is 14.7 Å². The average molecular weight is 540 g/mol. The molecule has 0 fully saturated rings. The second kappa shape index (κ2) is 12.1. The zero-order chi connectivity index (χ0) is 28.1. The summed E-state index contributed by atoms with van der Waals surface area (Å²) in [6.45, 7) is 3.01. The van der Waals surface area contributed by atoms with Crippen LogP contribution in [0.3, 0.4) is 0 Å². The van der Waals surface area contributed by atoms with Gasteiger partial charge in [-0.05, 0) is 41.8 Å². The molecule has 1 aliphatic rings. The molecule has 0 saturated heterocycles. The highest BCUT2D eigenvalue weighted by atomic mass is 16.5. The molecule has 5 rings (SSSR count). The summed E-state index contributed by atoms with van der Waals surface area (Å²) in [4.78, 5) is 28.8. The Balaban J connectivity index is 1.48. The normalized spacial score (nSPS) is 15.2. The number of para-hydroxylation sites is 1. The lowest BCUT2D eigenvalue weighted by Gasteiger charge is -2.27. The minimum Gasteiger partial charge on any atom is -0.503 e. The fraction of sp³-hybridized carbons (Fsp3) is 0.273. The third-order valence-corrected chi connectivity index (χ3v) is 7.16.